The zero-order valence-corrected chi connectivity index (χ0v) is 15.6. The smallest absolute Gasteiger partial charge is 0.243 e. The van der Waals surface area contributed by atoms with Gasteiger partial charge in [0.15, 0.2) is 0 Å². The van der Waals surface area contributed by atoms with E-state index in [-0.39, 0.29) is 0 Å². The Morgan fingerprint density at radius 3 is 2.44 bits per heavy atom. The fraction of sp³-hybridized carbons (Fsp3) is 0.316. The Hall–Kier alpha value is -2.18. The minimum absolute atomic E-state index is 0.317. The molecule has 0 spiro atoms. The van der Waals surface area contributed by atoms with Gasteiger partial charge in [-0.25, -0.2) is 8.42 Å². The third-order valence-corrected chi connectivity index (χ3v) is 6.87. The van der Waals surface area contributed by atoms with Gasteiger partial charge in [0.1, 0.15) is 5.84 Å². The van der Waals surface area contributed by atoms with E-state index >= 15 is 0 Å². The molecule has 0 saturated carbocycles. The van der Waals surface area contributed by atoms with Crippen molar-refractivity contribution < 1.29 is 8.42 Å². The van der Waals surface area contributed by atoms with Gasteiger partial charge in [-0.3, -0.25) is 5.41 Å². The molecule has 0 saturated heterocycles. The molecule has 1 aliphatic rings. The van der Waals surface area contributed by atoms with Crippen molar-refractivity contribution >= 4 is 21.5 Å². The molecule has 0 atom stereocenters. The lowest BCUT2D eigenvalue weighted by Gasteiger charge is -2.23. The van der Waals surface area contributed by atoms with Crippen LogP contribution in [0.25, 0.3) is 0 Å². The average Bonchev–Trinajstić information content (AvgIpc) is 2.93. The number of benzene rings is 2. The van der Waals surface area contributed by atoms with Gasteiger partial charge in [0.25, 0.3) is 0 Å². The lowest BCUT2D eigenvalue weighted by molar-refractivity contribution is 0.445. The number of hydrogen-bond acceptors (Lipinski definition) is 3. The standard InChI is InChI=1S/C19H23N3O2S/c1-4-21(5-2)25(23,24)18-12-16(11-10-14(18)3)22-13-15-8-6-7-9-17(15)19(22)20/h6-12,20H,4-5,13H2,1-3H3. The molecular weight excluding hydrogens is 334 g/mol. The van der Waals surface area contributed by atoms with Gasteiger partial charge < -0.3 is 4.90 Å². The molecule has 0 aromatic heterocycles. The van der Waals surface area contributed by atoms with Crippen LogP contribution in [0, 0.1) is 12.3 Å². The number of anilines is 1. The van der Waals surface area contributed by atoms with Crippen molar-refractivity contribution in [3.8, 4) is 0 Å². The van der Waals surface area contributed by atoms with E-state index in [1.807, 2.05) is 62.1 Å². The summed E-state index contributed by atoms with van der Waals surface area (Å²) in [6, 6.07) is 13.2. The van der Waals surface area contributed by atoms with E-state index in [0.29, 0.717) is 30.4 Å². The number of fused-ring (bicyclic) bond motifs is 1. The zero-order chi connectivity index (χ0) is 18.2. The first-order valence-corrected chi connectivity index (χ1v) is 9.89. The summed E-state index contributed by atoms with van der Waals surface area (Å²) in [7, 11) is -3.53. The van der Waals surface area contributed by atoms with Crippen LogP contribution in [0.5, 0.6) is 0 Å². The maximum atomic E-state index is 12.9. The van der Waals surface area contributed by atoms with E-state index in [2.05, 4.69) is 0 Å². The van der Waals surface area contributed by atoms with Crippen molar-refractivity contribution in [2.45, 2.75) is 32.2 Å². The van der Waals surface area contributed by atoms with E-state index in [1.165, 1.54) is 4.31 Å². The van der Waals surface area contributed by atoms with Gasteiger partial charge in [0, 0.05) is 24.3 Å². The minimum Gasteiger partial charge on any atom is -0.322 e. The van der Waals surface area contributed by atoms with E-state index < -0.39 is 10.0 Å². The number of aryl methyl sites for hydroxylation is 1. The van der Waals surface area contributed by atoms with Crippen molar-refractivity contribution in [1.82, 2.24) is 4.31 Å². The molecule has 6 heteroatoms. The summed E-state index contributed by atoms with van der Waals surface area (Å²) in [5, 5.41) is 8.43. The second kappa shape index (κ2) is 6.61. The van der Waals surface area contributed by atoms with Crippen molar-refractivity contribution in [1.29, 1.82) is 5.41 Å². The molecule has 0 unspecified atom stereocenters. The lowest BCUT2D eigenvalue weighted by atomic mass is 10.1. The molecule has 25 heavy (non-hydrogen) atoms. The highest BCUT2D eigenvalue weighted by atomic mass is 32.2. The van der Waals surface area contributed by atoms with Crippen LogP contribution < -0.4 is 4.90 Å². The van der Waals surface area contributed by atoms with Gasteiger partial charge in [-0.1, -0.05) is 44.2 Å². The van der Waals surface area contributed by atoms with Crippen molar-refractivity contribution in [3.63, 3.8) is 0 Å². The summed E-state index contributed by atoms with van der Waals surface area (Å²) in [6.07, 6.45) is 0. The number of sulfonamides is 1. The van der Waals surface area contributed by atoms with Crippen LogP contribution in [0.1, 0.15) is 30.5 Å². The van der Waals surface area contributed by atoms with Gasteiger partial charge in [0.05, 0.1) is 11.4 Å². The van der Waals surface area contributed by atoms with Gasteiger partial charge in [-0.05, 0) is 30.2 Å². The first-order chi connectivity index (χ1) is 11.9. The SMILES string of the molecule is CCN(CC)S(=O)(=O)c1cc(N2Cc3ccccc3C2=N)ccc1C. The molecule has 1 aliphatic heterocycles. The predicted molar refractivity (Wildman–Crippen MR) is 101 cm³/mol. The van der Waals surface area contributed by atoms with Crippen LogP contribution in [0.3, 0.4) is 0 Å². The normalized spacial score (nSPS) is 14.2. The van der Waals surface area contributed by atoms with Gasteiger partial charge in [-0.15, -0.1) is 0 Å². The first kappa shape index (κ1) is 17.6. The van der Waals surface area contributed by atoms with Crippen molar-refractivity contribution in [2.75, 3.05) is 18.0 Å². The van der Waals surface area contributed by atoms with Gasteiger partial charge in [-0.2, -0.15) is 4.31 Å². The summed E-state index contributed by atoms with van der Waals surface area (Å²) in [5.41, 5.74) is 3.44. The van der Waals surface area contributed by atoms with Crippen LogP contribution in [0.15, 0.2) is 47.4 Å². The third kappa shape index (κ3) is 2.96. The molecule has 3 rings (SSSR count). The Balaban J connectivity index is 2.03. The summed E-state index contributed by atoms with van der Waals surface area (Å²) in [4.78, 5) is 2.17. The molecule has 0 bridgehead atoms. The fourth-order valence-electron chi connectivity index (χ4n) is 3.24. The van der Waals surface area contributed by atoms with Crippen LogP contribution in [0.4, 0.5) is 5.69 Å². The molecule has 132 valence electrons. The lowest BCUT2D eigenvalue weighted by Crippen LogP contribution is -2.31. The second-order valence-corrected chi connectivity index (χ2v) is 8.04. The Kier molecular flexibility index (Phi) is 4.67. The molecule has 1 heterocycles. The van der Waals surface area contributed by atoms with Crippen LogP contribution in [-0.4, -0.2) is 31.6 Å². The highest BCUT2D eigenvalue weighted by Crippen LogP contribution is 2.31. The topological polar surface area (TPSA) is 64.5 Å². The Morgan fingerprint density at radius 2 is 1.80 bits per heavy atom. The van der Waals surface area contributed by atoms with E-state index in [4.69, 9.17) is 5.41 Å². The Labute approximate surface area is 149 Å². The number of nitrogens with one attached hydrogen (secondary N) is 1. The quantitative estimate of drug-likeness (QED) is 0.892. The molecule has 0 fully saturated rings. The molecule has 0 aliphatic carbocycles. The van der Waals surface area contributed by atoms with E-state index in [0.717, 1.165) is 22.4 Å². The molecule has 2 aromatic carbocycles. The fourth-order valence-corrected chi connectivity index (χ4v) is 4.94. The second-order valence-electron chi connectivity index (χ2n) is 6.13. The molecule has 5 nitrogen and oxygen atoms in total. The zero-order valence-electron chi connectivity index (χ0n) is 14.8. The molecule has 1 N–H and O–H groups in total. The average molecular weight is 357 g/mol. The Bertz CT molecular complexity index is 918. The summed E-state index contributed by atoms with van der Waals surface area (Å²) in [5.74, 6) is 0.408. The number of rotatable bonds is 5. The highest BCUT2D eigenvalue weighted by molar-refractivity contribution is 7.89. The third-order valence-electron chi connectivity index (χ3n) is 4.68. The minimum atomic E-state index is -3.53. The maximum absolute atomic E-state index is 12.9. The molecule has 0 amide bonds. The van der Waals surface area contributed by atoms with Crippen molar-refractivity contribution in [2.24, 2.45) is 0 Å². The number of nitrogens with zero attached hydrogens (tertiary/aromatic N) is 2. The Morgan fingerprint density at radius 1 is 1.12 bits per heavy atom. The number of hydrogen-bond donors (Lipinski definition) is 1. The highest BCUT2D eigenvalue weighted by Gasteiger charge is 2.28. The maximum Gasteiger partial charge on any atom is 0.243 e. The summed E-state index contributed by atoms with van der Waals surface area (Å²) >= 11 is 0. The van der Waals surface area contributed by atoms with Gasteiger partial charge in [0.2, 0.25) is 10.0 Å². The van der Waals surface area contributed by atoms with Crippen LogP contribution >= 0.6 is 0 Å². The van der Waals surface area contributed by atoms with E-state index in [9.17, 15) is 8.42 Å². The largest absolute Gasteiger partial charge is 0.322 e. The monoisotopic (exact) mass is 357 g/mol. The summed E-state index contributed by atoms with van der Waals surface area (Å²) in [6.45, 7) is 6.95. The predicted octanol–water partition coefficient (Wildman–Crippen LogP) is 3.37. The molecule has 0 radical (unpaired) electrons. The molecular formula is C19H23N3O2S. The number of amidine groups is 1. The van der Waals surface area contributed by atoms with Crippen LogP contribution in [0.2, 0.25) is 0 Å². The van der Waals surface area contributed by atoms with Crippen LogP contribution in [-0.2, 0) is 16.6 Å². The first-order valence-electron chi connectivity index (χ1n) is 8.45. The van der Waals surface area contributed by atoms with Gasteiger partial charge >= 0.3 is 0 Å². The summed E-state index contributed by atoms with van der Waals surface area (Å²) < 4.78 is 27.3. The molecule has 2 aromatic rings. The van der Waals surface area contributed by atoms with Crippen molar-refractivity contribution in [3.05, 3.63) is 59.2 Å². The van der Waals surface area contributed by atoms with E-state index in [1.54, 1.807) is 6.07 Å².